The SMILES string of the molecule is O=C(Nc1cc(C(F)(F)F)cc(C(F)(F)F)c1)N1CC(N2CCN(Cc3ccc(CO)o3)CC2)C1. The number of aliphatic hydroxyl groups is 1. The molecular weight excluding hydrogens is 482 g/mol. The van der Waals surface area contributed by atoms with Crippen LogP contribution in [0.2, 0.25) is 0 Å². The fourth-order valence-electron chi connectivity index (χ4n) is 4.18. The third-order valence-electron chi connectivity index (χ3n) is 6.16. The summed E-state index contributed by atoms with van der Waals surface area (Å²) in [7, 11) is 0. The molecule has 2 aliphatic rings. The number of benzene rings is 1. The van der Waals surface area contributed by atoms with Crippen LogP contribution in [0.25, 0.3) is 0 Å². The van der Waals surface area contributed by atoms with Crippen molar-refractivity contribution in [2.24, 2.45) is 0 Å². The number of urea groups is 1. The highest BCUT2D eigenvalue weighted by atomic mass is 19.4. The van der Waals surface area contributed by atoms with E-state index in [1.807, 2.05) is 6.07 Å². The van der Waals surface area contributed by atoms with Gasteiger partial charge in [0.2, 0.25) is 0 Å². The molecule has 2 N–H and O–H groups in total. The molecule has 0 saturated carbocycles. The maximum absolute atomic E-state index is 13.0. The average Bonchev–Trinajstić information content (AvgIpc) is 3.20. The molecule has 1 aromatic carbocycles. The van der Waals surface area contributed by atoms with Gasteiger partial charge in [-0.1, -0.05) is 0 Å². The molecule has 1 aromatic heterocycles. The third-order valence-corrected chi connectivity index (χ3v) is 6.16. The summed E-state index contributed by atoms with van der Waals surface area (Å²) in [5, 5.41) is 11.2. The smallest absolute Gasteiger partial charge is 0.416 e. The zero-order valence-electron chi connectivity index (χ0n) is 18.5. The molecule has 0 radical (unpaired) electrons. The van der Waals surface area contributed by atoms with E-state index in [-0.39, 0.29) is 18.7 Å². The summed E-state index contributed by atoms with van der Waals surface area (Å²) < 4.78 is 83.6. The summed E-state index contributed by atoms with van der Waals surface area (Å²) >= 11 is 0. The number of alkyl halides is 6. The van der Waals surface area contributed by atoms with Crippen LogP contribution in [0.3, 0.4) is 0 Å². The standard InChI is InChI=1S/C22H24F6N4O3/c23-21(24,25)14-7-15(22(26,27)28)9-16(8-14)29-20(34)32-10-17(11-32)31-5-3-30(4-6-31)12-18-1-2-19(13-33)35-18/h1-2,7-9,17,33H,3-6,10-13H2,(H,29,34). The number of likely N-dealkylation sites (tertiary alicyclic amines) is 1. The molecule has 0 atom stereocenters. The molecule has 7 nitrogen and oxygen atoms in total. The third kappa shape index (κ3) is 6.08. The molecule has 13 heteroatoms. The molecule has 0 spiro atoms. The molecule has 4 rings (SSSR count). The Morgan fingerprint density at radius 2 is 1.51 bits per heavy atom. The van der Waals surface area contributed by atoms with E-state index < -0.39 is 35.2 Å². The number of amides is 2. The van der Waals surface area contributed by atoms with Crippen LogP contribution in [-0.2, 0) is 25.5 Å². The average molecular weight is 506 g/mol. The summed E-state index contributed by atoms with van der Waals surface area (Å²) in [6.07, 6.45) is -9.97. The van der Waals surface area contributed by atoms with Gasteiger partial charge >= 0.3 is 18.4 Å². The van der Waals surface area contributed by atoms with Crippen molar-refractivity contribution in [1.82, 2.24) is 14.7 Å². The van der Waals surface area contributed by atoms with Gasteiger partial charge in [-0.15, -0.1) is 0 Å². The molecular formula is C22H24F6N4O3. The number of carbonyl (C=O) groups is 1. The van der Waals surface area contributed by atoms with Crippen molar-refractivity contribution in [2.75, 3.05) is 44.6 Å². The summed E-state index contributed by atoms with van der Waals surface area (Å²) in [6.45, 7) is 4.14. The summed E-state index contributed by atoms with van der Waals surface area (Å²) in [5.74, 6) is 1.27. The Balaban J connectivity index is 1.27. The first-order chi connectivity index (χ1) is 16.4. The van der Waals surface area contributed by atoms with Crippen molar-refractivity contribution in [3.8, 4) is 0 Å². The minimum Gasteiger partial charge on any atom is -0.462 e. The Bertz CT molecular complexity index is 1010. The number of carbonyl (C=O) groups excluding carboxylic acids is 1. The minimum absolute atomic E-state index is 0.0202. The lowest BCUT2D eigenvalue weighted by atomic mass is 10.1. The van der Waals surface area contributed by atoms with Gasteiger partial charge in [-0.3, -0.25) is 9.80 Å². The van der Waals surface area contributed by atoms with Crippen LogP contribution >= 0.6 is 0 Å². The second-order valence-corrected chi connectivity index (χ2v) is 8.62. The van der Waals surface area contributed by atoms with E-state index in [1.165, 1.54) is 4.90 Å². The highest BCUT2D eigenvalue weighted by Crippen LogP contribution is 2.37. The van der Waals surface area contributed by atoms with Crippen LogP contribution < -0.4 is 5.32 Å². The van der Waals surface area contributed by atoms with Crippen LogP contribution in [-0.4, -0.2) is 71.1 Å². The molecule has 0 aliphatic carbocycles. The van der Waals surface area contributed by atoms with E-state index in [9.17, 15) is 31.1 Å². The van der Waals surface area contributed by atoms with Gasteiger partial charge in [0, 0.05) is 51.0 Å². The number of anilines is 1. The summed E-state index contributed by atoms with van der Waals surface area (Å²) in [5.41, 5.74) is -3.52. The number of nitrogens with zero attached hydrogens (tertiary/aromatic N) is 3. The van der Waals surface area contributed by atoms with Crippen LogP contribution in [0, 0.1) is 0 Å². The minimum atomic E-state index is -4.98. The van der Waals surface area contributed by atoms with E-state index >= 15 is 0 Å². The van der Waals surface area contributed by atoms with Gasteiger partial charge in [0.1, 0.15) is 18.1 Å². The molecule has 192 valence electrons. The van der Waals surface area contributed by atoms with Crippen LogP contribution in [0.15, 0.2) is 34.7 Å². The molecule has 2 saturated heterocycles. The van der Waals surface area contributed by atoms with Gasteiger partial charge < -0.3 is 19.7 Å². The van der Waals surface area contributed by atoms with Crippen molar-refractivity contribution in [2.45, 2.75) is 31.5 Å². The molecule has 2 aromatic rings. The van der Waals surface area contributed by atoms with E-state index in [4.69, 9.17) is 9.52 Å². The number of hydrogen-bond donors (Lipinski definition) is 2. The molecule has 0 bridgehead atoms. The van der Waals surface area contributed by atoms with Gasteiger partial charge in [0.05, 0.1) is 17.7 Å². The quantitative estimate of drug-likeness (QED) is 0.603. The van der Waals surface area contributed by atoms with Crippen LogP contribution in [0.4, 0.5) is 36.8 Å². The zero-order valence-corrected chi connectivity index (χ0v) is 18.5. The van der Waals surface area contributed by atoms with Crippen molar-refractivity contribution in [3.63, 3.8) is 0 Å². The molecule has 2 fully saturated rings. The summed E-state index contributed by atoms with van der Waals surface area (Å²) in [6, 6.07) is 3.88. The predicted molar refractivity (Wildman–Crippen MR) is 112 cm³/mol. The Labute approximate surface area is 196 Å². The second-order valence-electron chi connectivity index (χ2n) is 8.62. The lowest BCUT2D eigenvalue weighted by molar-refractivity contribution is -0.143. The van der Waals surface area contributed by atoms with Crippen LogP contribution in [0.5, 0.6) is 0 Å². The molecule has 35 heavy (non-hydrogen) atoms. The Morgan fingerprint density at radius 1 is 0.943 bits per heavy atom. The van der Waals surface area contributed by atoms with Crippen molar-refractivity contribution in [1.29, 1.82) is 0 Å². The highest BCUT2D eigenvalue weighted by Gasteiger charge is 2.39. The molecule has 2 aliphatic heterocycles. The Kier molecular flexibility index (Phi) is 7.02. The lowest BCUT2D eigenvalue weighted by Gasteiger charge is -2.47. The molecule has 2 amide bonds. The van der Waals surface area contributed by atoms with E-state index in [2.05, 4.69) is 15.1 Å². The fraction of sp³-hybridized carbons (Fsp3) is 0.500. The zero-order chi connectivity index (χ0) is 25.4. The number of hydrogen-bond acceptors (Lipinski definition) is 5. The van der Waals surface area contributed by atoms with E-state index in [0.717, 1.165) is 31.9 Å². The monoisotopic (exact) mass is 506 g/mol. The first-order valence-electron chi connectivity index (χ1n) is 10.9. The van der Waals surface area contributed by atoms with Crippen molar-refractivity contribution >= 4 is 11.7 Å². The van der Waals surface area contributed by atoms with Crippen molar-refractivity contribution in [3.05, 3.63) is 53.0 Å². The number of halogens is 6. The molecule has 0 unspecified atom stereocenters. The maximum atomic E-state index is 13.0. The Morgan fingerprint density at radius 3 is 2.03 bits per heavy atom. The fourth-order valence-corrected chi connectivity index (χ4v) is 4.18. The van der Waals surface area contributed by atoms with E-state index in [1.54, 1.807) is 6.07 Å². The topological polar surface area (TPSA) is 72.2 Å². The number of nitrogens with one attached hydrogen (secondary N) is 1. The number of rotatable bonds is 5. The number of aliphatic hydroxyl groups excluding tert-OH is 1. The highest BCUT2D eigenvalue weighted by molar-refractivity contribution is 5.90. The second kappa shape index (κ2) is 9.70. The largest absolute Gasteiger partial charge is 0.462 e. The van der Waals surface area contributed by atoms with Crippen molar-refractivity contribution < 1.29 is 40.7 Å². The first-order valence-corrected chi connectivity index (χ1v) is 10.9. The van der Waals surface area contributed by atoms with Gasteiger partial charge in [-0.25, -0.2) is 4.79 Å². The first kappa shape index (κ1) is 25.3. The normalized spacial score (nSPS) is 18.5. The Hall–Kier alpha value is -2.77. The predicted octanol–water partition coefficient (Wildman–Crippen LogP) is 3.84. The maximum Gasteiger partial charge on any atom is 0.416 e. The van der Waals surface area contributed by atoms with Gasteiger partial charge in [0.15, 0.2) is 0 Å². The number of piperazine rings is 1. The summed E-state index contributed by atoms with van der Waals surface area (Å²) in [4.78, 5) is 18.2. The van der Waals surface area contributed by atoms with Gasteiger partial charge in [0.25, 0.3) is 0 Å². The van der Waals surface area contributed by atoms with Crippen LogP contribution in [0.1, 0.15) is 22.6 Å². The van der Waals surface area contributed by atoms with E-state index in [0.29, 0.717) is 37.5 Å². The van der Waals surface area contributed by atoms with Gasteiger partial charge in [-0.2, -0.15) is 26.3 Å². The molecule has 3 heterocycles. The number of furan rings is 1. The lowest BCUT2D eigenvalue weighted by Crippen LogP contribution is -2.64. The van der Waals surface area contributed by atoms with Gasteiger partial charge in [-0.05, 0) is 30.3 Å².